The minimum Gasteiger partial charge on any atom is -0.350 e. The van der Waals surface area contributed by atoms with E-state index in [9.17, 15) is 9.18 Å². The summed E-state index contributed by atoms with van der Waals surface area (Å²) >= 11 is 0. The maximum atomic E-state index is 12.8. The van der Waals surface area contributed by atoms with E-state index in [2.05, 4.69) is 0 Å². The summed E-state index contributed by atoms with van der Waals surface area (Å²) in [5.74, 6) is 0.341. The lowest BCUT2D eigenvalue weighted by Crippen LogP contribution is -2.41. The number of ether oxygens (including phenoxy) is 2. The highest BCUT2D eigenvalue weighted by atomic mass is 19.1. The molecule has 5 heteroatoms. The summed E-state index contributed by atoms with van der Waals surface area (Å²) in [6.45, 7) is 2.91. The van der Waals surface area contributed by atoms with Crippen LogP contribution in [0.3, 0.4) is 0 Å². The van der Waals surface area contributed by atoms with E-state index < -0.39 is 0 Å². The average molecular weight is 307 g/mol. The van der Waals surface area contributed by atoms with Crippen LogP contribution in [-0.2, 0) is 20.7 Å². The molecule has 0 aromatic heterocycles. The number of piperidine rings is 1. The first-order valence-electron chi connectivity index (χ1n) is 7.98. The zero-order valence-corrected chi connectivity index (χ0v) is 12.7. The molecule has 0 bridgehead atoms. The van der Waals surface area contributed by atoms with Crippen molar-refractivity contribution >= 4 is 5.91 Å². The summed E-state index contributed by atoms with van der Waals surface area (Å²) in [5.41, 5.74) is 0.998. The maximum Gasteiger partial charge on any atom is 0.222 e. The van der Waals surface area contributed by atoms with Crippen LogP contribution in [0.2, 0.25) is 0 Å². The Hall–Kier alpha value is -1.46. The molecule has 3 rings (SSSR count). The average Bonchev–Trinajstić information content (AvgIpc) is 3.09. The highest BCUT2D eigenvalue weighted by Crippen LogP contribution is 2.26. The van der Waals surface area contributed by atoms with Gasteiger partial charge in [0.05, 0.1) is 13.2 Å². The molecule has 0 spiro atoms. The third kappa shape index (κ3) is 3.84. The van der Waals surface area contributed by atoms with E-state index in [4.69, 9.17) is 9.47 Å². The fourth-order valence-corrected chi connectivity index (χ4v) is 3.13. The maximum absolute atomic E-state index is 12.8. The summed E-state index contributed by atoms with van der Waals surface area (Å²) < 4.78 is 23.9. The van der Waals surface area contributed by atoms with Crippen LogP contribution >= 0.6 is 0 Å². The molecule has 2 fully saturated rings. The van der Waals surface area contributed by atoms with Crippen molar-refractivity contribution < 1.29 is 18.7 Å². The summed E-state index contributed by atoms with van der Waals surface area (Å²) in [5, 5.41) is 0. The molecule has 22 heavy (non-hydrogen) atoms. The van der Waals surface area contributed by atoms with Gasteiger partial charge in [-0.05, 0) is 37.0 Å². The largest absolute Gasteiger partial charge is 0.350 e. The number of hydrogen-bond acceptors (Lipinski definition) is 3. The van der Waals surface area contributed by atoms with Gasteiger partial charge in [0.25, 0.3) is 0 Å². The predicted octanol–water partition coefficient (Wildman–Crippen LogP) is 2.37. The Balaban J connectivity index is 1.42. The van der Waals surface area contributed by atoms with Gasteiger partial charge in [-0.15, -0.1) is 0 Å². The zero-order valence-electron chi connectivity index (χ0n) is 12.7. The number of halogens is 1. The van der Waals surface area contributed by atoms with Gasteiger partial charge >= 0.3 is 0 Å². The standard InChI is InChI=1S/C17H22FNO3/c18-15-4-1-13(2-5-15)3-6-16(20)19-9-7-14(8-10-19)17-21-11-12-22-17/h1-2,4-5,14,17H,3,6-12H2. The first kappa shape index (κ1) is 15.4. The first-order valence-corrected chi connectivity index (χ1v) is 7.98. The fraction of sp³-hybridized carbons (Fsp3) is 0.588. The van der Waals surface area contributed by atoms with Crippen LogP contribution in [0.15, 0.2) is 24.3 Å². The van der Waals surface area contributed by atoms with Crippen LogP contribution in [0, 0.1) is 11.7 Å². The summed E-state index contributed by atoms with van der Waals surface area (Å²) in [7, 11) is 0. The van der Waals surface area contributed by atoms with Crippen molar-refractivity contribution in [3.8, 4) is 0 Å². The molecule has 4 nitrogen and oxygen atoms in total. The Morgan fingerprint density at radius 3 is 2.41 bits per heavy atom. The SMILES string of the molecule is O=C(CCc1ccc(F)cc1)N1CCC(C2OCCO2)CC1. The Morgan fingerprint density at radius 2 is 1.77 bits per heavy atom. The number of rotatable bonds is 4. The number of aryl methyl sites for hydroxylation is 1. The minimum atomic E-state index is -0.242. The molecule has 1 amide bonds. The fourth-order valence-electron chi connectivity index (χ4n) is 3.13. The Morgan fingerprint density at radius 1 is 1.14 bits per heavy atom. The number of hydrogen-bond donors (Lipinski definition) is 0. The van der Waals surface area contributed by atoms with Crippen molar-refractivity contribution in [2.24, 2.45) is 5.92 Å². The lowest BCUT2D eigenvalue weighted by Gasteiger charge is -2.34. The molecule has 1 aromatic rings. The lowest BCUT2D eigenvalue weighted by atomic mass is 9.95. The van der Waals surface area contributed by atoms with Crippen molar-refractivity contribution in [2.75, 3.05) is 26.3 Å². The highest BCUT2D eigenvalue weighted by molar-refractivity contribution is 5.76. The van der Waals surface area contributed by atoms with Gasteiger partial charge in [-0.1, -0.05) is 12.1 Å². The minimum absolute atomic E-state index is 0.0727. The van der Waals surface area contributed by atoms with Crippen molar-refractivity contribution in [3.05, 3.63) is 35.6 Å². The molecule has 1 aromatic carbocycles. The molecule has 120 valence electrons. The molecular formula is C17H22FNO3. The molecule has 2 saturated heterocycles. The Bertz CT molecular complexity index is 491. The van der Waals surface area contributed by atoms with Crippen LogP contribution in [0.5, 0.6) is 0 Å². The van der Waals surface area contributed by atoms with Gasteiger partial charge < -0.3 is 14.4 Å². The van der Waals surface area contributed by atoms with Crippen LogP contribution < -0.4 is 0 Å². The van der Waals surface area contributed by atoms with Crippen LogP contribution in [0.4, 0.5) is 4.39 Å². The van der Waals surface area contributed by atoms with E-state index in [1.165, 1.54) is 12.1 Å². The molecule has 0 radical (unpaired) electrons. The summed E-state index contributed by atoms with van der Waals surface area (Å²) in [4.78, 5) is 14.2. The summed E-state index contributed by atoms with van der Waals surface area (Å²) in [6, 6.07) is 6.35. The van der Waals surface area contributed by atoms with Gasteiger partial charge in [0, 0.05) is 25.4 Å². The van der Waals surface area contributed by atoms with E-state index in [0.29, 0.717) is 32.0 Å². The monoisotopic (exact) mass is 307 g/mol. The smallest absolute Gasteiger partial charge is 0.222 e. The van der Waals surface area contributed by atoms with Crippen LogP contribution in [-0.4, -0.2) is 43.4 Å². The molecule has 0 unspecified atom stereocenters. The van der Waals surface area contributed by atoms with Gasteiger partial charge in [-0.25, -0.2) is 4.39 Å². The van der Waals surface area contributed by atoms with Gasteiger partial charge in [-0.2, -0.15) is 0 Å². The summed E-state index contributed by atoms with van der Waals surface area (Å²) in [6.07, 6.45) is 2.94. The molecule has 2 aliphatic rings. The van der Waals surface area contributed by atoms with Gasteiger partial charge in [0.2, 0.25) is 5.91 Å². The third-order valence-corrected chi connectivity index (χ3v) is 4.47. The second-order valence-corrected chi connectivity index (χ2v) is 5.95. The van der Waals surface area contributed by atoms with Gasteiger partial charge in [0.1, 0.15) is 5.82 Å². The van der Waals surface area contributed by atoms with Crippen molar-refractivity contribution in [3.63, 3.8) is 0 Å². The zero-order chi connectivity index (χ0) is 15.4. The van der Waals surface area contributed by atoms with E-state index >= 15 is 0 Å². The van der Waals surface area contributed by atoms with E-state index in [0.717, 1.165) is 31.5 Å². The molecule has 2 heterocycles. The molecule has 0 aliphatic carbocycles. The van der Waals surface area contributed by atoms with Crippen molar-refractivity contribution in [1.29, 1.82) is 0 Å². The van der Waals surface area contributed by atoms with Crippen LogP contribution in [0.25, 0.3) is 0 Å². The van der Waals surface area contributed by atoms with Crippen molar-refractivity contribution in [2.45, 2.75) is 32.0 Å². The number of likely N-dealkylation sites (tertiary alicyclic amines) is 1. The normalized spacial score (nSPS) is 20.5. The molecule has 0 saturated carbocycles. The number of carbonyl (C=O) groups is 1. The second-order valence-electron chi connectivity index (χ2n) is 5.95. The van der Waals surface area contributed by atoms with E-state index in [1.807, 2.05) is 4.90 Å². The Labute approximate surface area is 130 Å². The first-order chi connectivity index (χ1) is 10.7. The number of benzene rings is 1. The second kappa shape index (κ2) is 7.20. The Kier molecular flexibility index (Phi) is 5.05. The predicted molar refractivity (Wildman–Crippen MR) is 79.7 cm³/mol. The molecule has 0 atom stereocenters. The lowest BCUT2D eigenvalue weighted by molar-refractivity contribution is -0.136. The van der Waals surface area contributed by atoms with E-state index in [1.54, 1.807) is 12.1 Å². The number of carbonyl (C=O) groups excluding carboxylic acids is 1. The molecule has 0 N–H and O–H groups in total. The third-order valence-electron chi connectivity index (χ3n) is 4.47. The van der Waals surface area contributed by atoms with Gasteiger partial charge in [-0.3, -0.25) is 4.79 Å². The number of amides is 1. The molecule has 2 aliphatic heterocycles. The quantitative estimate of drug-likeness (QED) is 0.857. The molecular weight excluding hydrogens is 285 g/mol. The topological polar surface area (TPSA) is 38.8 Å². The highest BCUT2D eigenvalue weighted by Gasteiger charge is 2.31. The van der Waals surface area contributed by atoms with Crippen molar-refractivity contribution in [1.82, 2.24) is 4.90 Å². The van der Waals surface area contributed by atoms with Crippen LogP contribution in [0.1, 0.15) is 24.8 Å². The number of nitrogens with zero attached hydrogens (tertiary/aromatic N) is 1. The van der Waals surface area contributed by atoms with E-state index in [-0.39, 0.29) is 18.0 Å². The van der Waals surface area contributed by atoms with Gasteiger partial charge in [0.15, 0.2) is 6.29 Å².